The van der Waals surface area contributed by atoms with E-state index >= 15 is 0 Å². The molecular weight excluding hydrogens is 242 g/mol. The van der Waals surface area contributed by atoms with Crippen molar-refractivity contribution in [3.63, 3.8) is 0 Å². The Balaban J connectivity index is 2.43. The Morgan fingerprint density at radius 3 is 2.68 bits per heavy atom. The van der Waals surface area contributed by atoms with Crippen LogP contribution in [0.4, 0.5) is 5.69 Å². The number of H-pyrrole nitrogens is 1. The lowest BCUT2D eigenvalue weighted by molar-refractivity contribution is -0.383. The summed E-state index contributed by atoms with van der Waals surface area (Å²) < 4.78 is 0. The van der Waals surface area contributed by atoms with Crippen LogP contribution in [0.15, 0.2) is 30.3 Å². The van der Waals surface area contributed by atoms with Crippen molar-refractivity contribution in [2.24, 2.45) is 0 Å². The zero-order valence-electron chi connectivity index (χ0n) is 10.1. The van der Waals surface area contributed by atoms with Gasteiger partial charge in [0, 0.05) is 22.5 Å². The van der Waals surface area contributed by atoms with E-state index in [0.717, 1.165) is 32.6 Å². The highest BCUT2D eigenvalue weighted by molar-refractivity contribution is 6.25. The van der Waals surface area contributed by atoms with E-state index in [1.807, 2.05) is 31.2 Å². The van der Waals surface area contributed by atoms with Crippen molar-refractivity contribution in [3.8, 4) is 0 Å². The normalized spacial score (nSPS) is 11.8. The smallest absolute Gasteiger partial charge is 0.281 e. The van der Waals surface area contributed by atoms with E-state index < -0.39 is 0 Å². The fourth-order valence-electron chi connectivity index (χ4n) is 2.81. The van der Waals surface area contributed by atoms with Gasteiger partial charge in [0.05, 0.1) is 4.92 Å². The maximum Gasteiger partial charge on any atom is 0.297 e. The first-order valence-corrected chi connectivity index (χ1v) is 5.93. The van der Waals surface area contributed by atoms with Crippen LogP contribution in [0.5, 0.6) is 0 Å². The van der Waals surface area contributed by atoms with Gasteiger partial charge in [-0.05, 0) is 23.1 Å². The summed E-state index contributed by atoms with van der Waals surface area (Å²) in [6, 6.07) is 9.53. The molecule has 1 aromatic heterocycles. The lowest BCUT2D eigenvalue weighted by Crippen LogP contribution is -1.96. The zero-order valence-corrected chi connectivity index (χ0v) is 10.1. The molecule has 0 saturated heterocycles. The highest BCUT2D eigenvalue weighted by Gasteiger charge is 2.20. The van der Waals surface area contributed by atoms with Crippen LogP contribution in [0.3, 0.4) is 0 Å². The Bertz CT molecular complexity index is 955. The molecule has 0 atom stereocenters. The molecule has 0 aliphatic rings. The van der Waals surface area contributed by atoms with E-state index in [9.17, 15) is 10.1 Å². The van der Waals surface area contributed by atoms with Crippen LogP contribution in [-0.2, 0) is 0 Å². The van der Waals surface area contributed by atoms with Gasteiger partial charge in [-0.15, -0.1) is 0 Å². The molecule has 0 aliphatic carbocycles. The number of benzene rings is 2. The maximum atomic E-state index is 11.2. The summed E-state index contributed by atoms with van der Waals surface area (Å²) in [7, 11) is 0. The second-order valence-electron chi connectivity index (χ2n) is 4.72. The van der Waals surface area contributed by atoms with E-state index in [2.05, 4.69) is 10.2 Å². The highest BCUT2D eigenvalue weighted by Crippen LogP contribution is 2.39. The average molecular weight is 251 g/mol. The number of nitrogens with one attached hydrogen (secondary N) is 1. The number of aryl methyl sites for hydroxylation is 1. The third-order valence-electron chi connectivity index (χ3n) is 3.68. The lowest BCUT2D eigenvalue weighted by Gasteiger charge is -2.08. The first kappa shape index (κ1) is 10.3. The van der Waals surface area contributed by atoms with Crippen molar-refractivity contribution in [1.29, 1.82) is 0 Å². The van der Waals surface area contributed by atoms with Crippen LogP contribution in [0.25, 0.3) is 32.4 Å². The molecule has 0 spiro atoms. The Morgan fingerprint density at radius 2 is 1.89 bits per heavy atom. The number of nitro benzene ring substituents is 1. The summed E-state index contributed by atoms with van der Waals surface area (Å²) in [5, 5.41) is 23.2. The fraction of sp³-hybridized carbons (Fsp3) is 0.0714. The average Bonchev–Trinajstić information content (AvgIpc) is 2.82. The third-order valence-corrected chi connectivity index (χ3v) is 3.68. The molecule has 3 aromatic carbocycles. The molecule has 1 heterocycles. The van der Waals surface area contributed by atoms with Gasteiger partial charge in [0.25, 0.3) is 5.69 Å². The minimum atomic E-state index is -0.375. The molecule has 0 saturated carbocycles. The summed E-state index contributed by atoms with van der Waals surface area (Å²) >= 11 is 0. The molecule has 1 N–H and O–H groups in total. The quantitative estimate of drug-likeness (QED) is 0.415. The molecule has 4 aromatic rings. The summed E-state index contributed by atoms with van der Waals surface area (Å²) in [4.78, 5) is 10.8. The summed E-state index contributed by atoms with van der Waals surface area (Å²) in [6.45, 7) is 1.92. The number of non-ortho nitro benzene ring substituents is 1. The topological polar surface area (TPSA) is 71.8 Å². The molecule has 5 nitrogen and oxygen atoms in total. The molecule has 5 heteroatoms. The van der Waals surface area contributed by atoms with Crippen LogP contribution in [0.1, 0.15) is 5.69 Å². The van der Waals surface area contributed by atoms with Crippen LogP contribution in [-0.4, -0.2) is 15.1 Å². The van der Waals surface area contributed by atoms with Gasteiger partial charge in [-0.25, -0.2) is 0 Å². The van der Waals surface area contributed by atoms with Crippen molar-refractivity contribution in [1.82, 2.24) is 10.2 Å². The van der Waals surface area contributed by atoms with Gasteiger partial charge in [-0.3, -0.25) is 15.2 Å². The molecule has 0 unspecified atom stereocenters. The van der Waals surface area contributed by atoms with E-state index in [0.29, 0.717) is 5.52 Å². The molecule has 0 bridgehead atoms. The Hall–Kier alpha value is -2.69. The molecule has 0 aliphatic heterocycles. The molecular formula is C14H9N3O2. The Morgan fingerprint density at radius 1 is 1.16 bits per heavy atom. The van der Waals surface area contributed by atoms with Gasteiger partial charge >= 0.3 is 0 Å². The van der Waals surface area contributed by atoms with Crippen molar-refractivity contribution >= 4 is 38.1 Å². The van der Waals surface area contributed by atoms with Crippen LogP contribution < -0.4 is 0 Å². The van der Waals surface area contributed by atoms with Crippen molar-refractivity contribution < 1.29 is 4.92 Å². The van der Waals surface area contributed by atoms with E-state index in [1.165, 1.54) is 0 Å². The first-order chi connectivity index (χ1) is 9.16. The first-order valence-electron chi connectivity index (χ1n) is 5.93. The van der Waals surface area contributed by atoms with Gasteiger partial charge in [-0.1, -0.05) is 24.3 Å². The number of nitrogens with zero attached hydrogens (tertiary/aromatic N) is 2. The minimum Gasteiger partial charge on any atom is -0.281 e. The van der Waals surface area contributed by atoms with E-state index in [-0.39, 0.29) is 10.6 Å². The fourth-order valence-corrected chi connectivity index (χ4v) is 2.81. The SMILES string of the molecule is Cc1[nH]nc2c([N+](=O)[O-])cc3ccc4ccc1c2c43. The Kier molecular flexibility index (Phi) is 1.73. The largest absolute Gasteiger partial charge is 0.297 e. The number of aromatic amines is 1. The third kappa shape index (κ3) is 1.16. The molecule has 0 radical (unpaired) electrons. The predicted octanol–water partition coefficient (Wildman–Crippen LogP) is 3.52. The van der Waals surface area contributed by atoms with Crippen molar-refractivity contribution in [2.45, 2.75) is 6.92 Å². The standard InChI is InChI=1S/C14H9N3O2/c1-7-10-5-4-8-2-3-9-6-11(17(18)19)14(16-15-7)13(10)12(8)9/h2-6,15H,1H3. The van der Waals surface area contributed by atoms with Gasteiger partial charge in [0.15, 0.2) is 5.52 Å². The van der Waals surface area contributed by atoms with Gasteiger partial charge in [0.2, 0.25) is 0 Å². The van der Waals surface area contributed by atoms with Gasteiger partial charge < -0.3 is 0 Å². The number of hydrogen-bond donors (Lipinski definition) is 1. The number of aromatic nitrogens is 2. The zero-order chi connectivity index (χ0) is 13.1. The molecule has 19 heavy (non-hydrogen) atoms. The van der Waals surface area contributed by atoms with Crippen LogP contribution in [0, 0.1) is 17.0 Å². The molecule has 0 fully saturated rings. The highest BCUT2D eigenvalue weighted by atomic mass is 16.6. The van der Waals surface area contributed by atoms with E-state index in [4.69, 9.17) is 0 Å². The lowest BCUT2D eigenvalue weighted by atomic mass is 10.00. The van der Waals surface area contributed by atoms with Crippen LogP contribution >= 0.6 is 0 Å². The van der Waals surface area contributed by atoms with Gasteiger partial charge in [0.1, 0.15) is 0 Å². The second kappa shape index (κ2) is 3.20. The molecule has 0 amide bonds. The molecule has 92 valence electrons. The maximum absolute atomic E-state index is 11.2. The number of rotatable bonds is 1. The van der Waals surface area contributed by atoms with Crippen molar-refractivity contribution in [3.05, 3.63) is 46.1 Å². The predicted molar refractivity (Wildman–Crippen MR) is 73.7 cm³/mol. The minimum absolute atomic E-state index is 0.0486. The summed E-state index contributed by atoms with van der Waals surface area (Å²) in [6.07, 6.45) is 0. The molecule has 4 rings (SSSR count). The monoisotopic (exact) mass is 251 g/mol. The summed E-state index contributed by atoms with van der Waals surface area (Å²) in [5.41, 5.74) is 1.39. The Labute approximate surface area is 107 Å². The number of hydrogen-bond acceptors (Lipinski definition) is 3. The van der Waals surface area contributed by atoms with E-state index in [1.54, 1.807) is 6.07 Å². The number of nitro groups is 1. The van der Waals surface area contributed by atoms with Gasteiger partial charge in [-0.2, -0.15) is 5.10 Å². The second-order valence-corrected chi connectivity index (χ2v) is 4.72. The summed E-state index contributed by atoms with van der Waals surface area (Å²) in [5.74, 6) is 0. The van der Waals surface area contributed by atoms with Crippen molar-refractivity contribution in [2.75, 3.05) is 0 Å². The van der Waals surface area contributed by atoms with Crippen LogP contribution in [0.2, 0.25) is 0 Å².